The molecule has 0 heterocycles. The number of aliphatic hydroxyl groups is 1. The Hall–Kier alpha value is -0.290. The molecule has 0 aromatic carbocycles. The summed E-state index contributed by atoms with van der Waals surface area (Å²) in [5.41, 5.74) is -1.29. The highest BCUT2D eigenvalue weighted by atomic mass is 19.4. The second-order valence-electron chi connectivity index (χ2n) is 4.19. The van der Waals surface area contributed by atoms with Crippen molar-refractivity contribution in [2.45, 2.75) is 56.4 Å². The molecule has 1 aliphatic carbocycles. The molecule has 1 rings (SSSR count). The third-order valence-electron chi connectivity index (χ3n) is 3.05. The van der Waals surface area contributed by atoms with Crippen molar-refractivity contribution in [2.24, 2.45) is 0 Å². The first-order chi connectivity index (χ1) is 6.87. The molecule has 0 aromatic heterocycles. The van der Waals surface area contributed by atoms with Crippen LogP contribution in [0.2, 0.25) is 0 Å². The van der Waals surface area contributed by atoms with Gasteiger partial charge in [-0.2, -0.15) is 13.2 Å². The standard InChI is InChI=1S/C10H17F3O2/c1-15-8-4-2-3-5-9(8,14)6-7-10(11,12)13/h8,14H,2-7H2,1H3. The number of halogens is 3. The lowest BCUT2D eigenvalue weighted by Gasteiger charge is -2.39. The second-order valence-corrected chi connectivity index (χ2v) is 4.19. The summed E-state index contributed by atoms with van der Waals surface area (Å²) in [6.45, 7) is 0. The highest BCUT2D eigenvalue weighted by molar-refractivity contribution is 4.91. The Morgan fingerprint density at radius 3 is 2.60 bits per heavy atom. The van der Waals surface area contributed by atoms with Gasteiger partial charge in [0, 0.05) is 13.5 Å². The minimum Gasteiger partial charge on any atom is -0.387 e. The van der Waals surface area contributed by atoms with Gasteiger partial charge in [-0.05, 0) is 19.3 Å². The Morgan fingerprint density at radius 2 is 2.07 bits per heavy atom. The summed E-state index contributed by atoms with van der Waals surface area (Å²) in [5, 5.41) is 10.1. The van der Waals surface area contributed by atoms with Gasteiger partial charge in [-0.3, -0.25) is 0 Å². The fourth-order valence-corrected chi connectivity index (χ4v) is 2.17. The maximum Gasteiger partial charge on any atom is 0.389 e. The molecule has 2 unspecified atom stereocenters. The summed E-state index contributed by atoms with van der Waals surface area (Å²) in [7, 11) is 1.44. The summed E-state index contributed by atoms with van der Waals surface area (Å²) in [6, 6.07) is 0. The van der Waals surface area contributed by atoms with Crippen LogP contribution in [-0.4, -0.2) is 30.1 Å². The smallest absolute Gasteiger partial charge is 0.387 e. The summed E-state index contributed by atoms with van der Waals surface area (Å²) < 4.78 is 41.2. The lowest BCUT2D eigenvalue weighted by molar-refractivity contribution is -0.169. The highest BCUT2D eigenvalue weighted by Crippen LogP contribution is 2.36. The summed E-state index contributed by atoms with van der Waals surface area (Å²) in [6.07, 6.45) is -3.12. The van der Waals surface area contributed by atoms with Gasteiger partial charge in [-0.1, -0.05) is 12.8 Å². The van der Waals surface area contributed by atoms with Crippen LogP contribution in [-0.2, 0) is 4.74 Å². The Morgan fingerprint density at radius 1 is 1.40 bits per heavy atom. The van der Waals surface area contributed by atoms with Crippen LogP contribution in [0.1, 0.15) is 38.5 Å². The van der Waals surface area contributed by atoms with Gasteiger partial charge in [-0.25, -0.2) is 0 Å². The molecule has 15 heavy (non-hydrogen) atoms. The van der Waals surface area contributed by atoms with E-state index in [-0.39, 0.29) is 6.42 Å². The predicted octanol–water partition coefficient (Wildman–Crippen LogP) is 2.65. The molecule has 1 fully saturated rings. The predicted molar refractivity (Wildman–Crippen MR) is 49.5 cm³/mol. The van der Waals surface area contributed by atoms with Gasteiger partial charge >= 0.3 is 6.18 Å². The van der Waals surface area contributed by atoms with E-state index in [2.05, 4.69) is 0 Å². The first-order valence-electron chi connectivity index (χ1n) is 5.19. The maximum atomic E-state index is 12.1. The number of rotatable bonds is 3. The normalized spacial score (nSPS) is 33.0. The quantitative estimate of drug-likeness (QED) is 0.801. The molecule has 90 valence electrons. The zero-order valence-electron chi connectivity index (χ0n) is 8.81. The molecular weight excluding hydrogens is 209 g/mol. The first-order valence-corrected chi connectivity index (χ1v) is 5.19. The molecule has 0 aromatic rings. The van der Waals surface area contributed by atoms with Crippen molar-refractivity contribution in [3.8, 4) is 0 Å². The summed E-state index contributed by atoms with van der Waals surface area (Å²) >= 11 is 0. The lowest BCUT2D eigenvalue weighted by atomic mass is 9.79. The third kappa shape index (κ3) is 3.65. The van der Waals surface area contributed by atoms with Crippen molar-refractivity contribution >= 4 is 0 Å². The van der Waals surface area contributed by atoms with E-state index in [0.717, 1.165) is 12.8 Å². The fourth-order valence-electron chi connectivity index (χ4n) is 2.17. The number of hydrogen-bond acceptors (Lipinski definition) is 2. The molecule has 0 spiro atoms. The first kappa shape index (κ1) is 12.8. The Labute approximate surface area is 87.4 Å². The summed E-state index contributed by atoms with van der Waals surface area (Å²) in [4.78, 5) is 0. The number of methoxy groups -OCH3 is 1. The number of hydrogen-bond donors (Lipinski definition) is 1. The molecule has 1 aliphatic rings. The molecule has 5 heteroatoms. The third-order valence-corrected chi connectivity index (χ3v) is 3.05. The average molecular weight is 226 g/mol. The average Bonchev–Trinajstić information content (AvgIpc) is 2.15. The molecule has 0 bridgehead atoms. The van der Waals surface area contributed by atoms with Crippen molar-refractivity contribution in [1.82, 2.24) is 0 Å². The van der Waals surface area contributed by atoms with Crippen LogP contribution in [0.3, 0.4) is 0 Å². The van der Waals surface area contributed by atoms with E-state index in [1.807, 2.05) is 0 Å². The van der Waals surface area contributed by atoms with Crippen molar-refractivity contribution in [3.63, 3.8) is 0 Å². The molecule has 1 N–H and O–H groups in total. The minimum atomic E-state index is -4.20. The topological polar surface area (TPSA) is 29.5 Å². The van der Waals surface area contributed by atoms with Crippen molar-refractivity contribution in [1.29, 1.82) is 0 Å². The molecule has 0 aliphatic heterocycles. The Balaban J connectivity index is 2.54. The fraction of sp³-hybridized carbons (Fsp3) is 1.00. The van der Waals surface area contributed by atoms with Crippen LogP contribution in [0.15, 0.2) is 0 Å². The van der Waals surface area contributed by atoms with Gasteiger partial charge in [0.05, 0.1) is 11.7 Å². The molecule has 0 amide bonds. The molecule has 1 saturated carbocycles. The SMILES string of the molecule is COC1CCCCC1(O)CCC(F)(F)F. The Kier molecular flexibility index (Phi) is 4.00. The lowest BCUT2D eigenvalue weighted by Crippen LogP contribution is -2.46. The Bertz CT molecular complexity index is 205. The second kappa shape index (κ2) is 4.70. The van der Waals surface area contributed by atoms with Crippen LogP contribution >= 0.6 is 0 Å². The van der Waals surface area contributed by atoms with Crippen LogP contribution in [0, 0.1) is 0 Å². The van der Waals surface area contributed by atoms with Crippen molar-refractivity contribution in [3.05, 3.63) is 0 Å². The van der Waals surface area contributed by atoms with Crippen LogP contribution < -0.4 is 0 Å². The molecular formula is C10H17F3O2. The van der Waals surface area contributed by atoms with Gasteiger partial charge in [0.25, 0.3) is 0 Å². The summed E-state index contributed by atoms with van der Waals surface area (Å²) in [5.74, 6) is 0. The van der Waals surface area contributed by atoms with Gasteiger partial charge in [-0.15, -0.1) is 0 Å². The molecule has 0 saturated heterocycles. The van der Waals surface area contributed by atoms with E-state index < -0.39 is 24.3 Å². The van der Waals surface area contributed by atoms with E-state index in [1.165, 1.54) is 7.11 Å². The maximum absolute atomic E-state index is 12.1. The van der Waals surface area contributed by atoms with Gasteiger partial charge in [0.1, 0.15) is 0 Å². The van der Waals surface area contributed by atoms with Gasteiger partial charge < -0.3 is 9.84 Å². The van der Waals surface area contributed by atoms with Crippen molar-refractivity contribution < 1.29 is 23.0 Å². The minimum absolute atomic E-state index is 0.255. The van der Waals surface area contributed by atoms with Crippen molar-refractivity contribution in [2.75, 3.05) is 7.11 Å². The van der Waals surface area contributed by atoms with Gasteiger partial charge in [0.2, 0.25) is 0 Å². The van der Waals surface area contributed by atoms with Crippen LogP contribution in [0.25, 0.3) is 0 Å². The van der Waals surface area contributed by atoms with E-state index in [0.29, 0.717) is 12.8 Å². The van der Waals surface area contributed by atoms with E-state index in [9.17, 15) is 18.3 Å². The molecule has 0 radical (unpaired) electrons. The number of ether oxygens (including phenoxy) is 1. The highest BCUT2D eigenvalue weighted by Gasteiger charge is 2.42. The molecule has 2 atom stereocenters. The molecule has 2 nitrogen and oxygen atoms in total. The van der Waals surface area contributed by atoms with Crippen LogP contribution in [0.5, 0.6) is 0 Å². The zero-order chi connectivity index (χ0) is 11.5. The largest absolute Gasteiger partial charge is 0.389 e. The monoisotopic (exact) mass is 226 g/mol. The van der Waals surface area contributed by atoms with Gasteiger partial charge in [0.15, 0.2) is 0 Å². The number of alkyl halides is 3. The van der Waals surface area contributed by atoms with E-state index in [4.69, 9.17) is 4.74 Å². The van der Waals surface area contributed by atoms with E-state index >= 15 is 0 Å². The zero-order valence-corrected chi connectivity index (χ0v) is 8.81. The van der Waals surface area contributed by atoms with E-state index in [1.54, 1.807) is 0 Å². The van der Waals surface area contributed by atoms with Crippen LogP contribution in [0.4, 0.5) is 13.2 Å².